The molecule has 0 unspecified atom stereocenters. The SMILES string of the molecule is C=C(C)C(=O)O.CCC1(OC)COC1. The third-order valence-corrected chi connectivity index (χ3v) is 2.17. The Balaban J connectivity index is 0.000000255. The van der Waals surface area contributed by atoms with Gasteiger partial charge < -0.3 is 14.6 Å². The maximum absolute atomic E-state index is 9.60. The highest BCUT2D eigenvalue weighted by atomic mass is 16.6. The van der Waals surface area contributed by atoms with Gasteiger partial charge in [-0.15, -0.1) is 0 Å². The molecule has 0 atom stereocenters. The van der Waals surface area contributed by atoms with E-state index in [1.807, 2.05) is 0 Å². The minimum atomic E-state index is -0.935. The maximum atomic E-state index is 9.60. The number of carbonyl (C=O) groups is 1. The van der Waals surface area contributed by atoms with Crippen molar-refractivity contribution in [3.8, 4) is 0 Å². The Bertz CT molecular complexity index is 181. The molecule has 0 aromatic heterocycles. The van der Waals surface area contributed by atoms with Crippen molar-refractivity contribution in [1.29, 1.82) is 0 Å². The average molecular weight is 202 g/mol. The van der Waals surface area contributed by atoms with Gasteiger partial charge in [0.1, 0.15) is 5.60 Å². The molecule has 0 aromatic carbocycles. The lowest BCUT2D eigenvalue weighted by Crippen LogP contribution is -2.50. The molecule has 0 aliphatic carbocycles. The quantitative estimate of drug-likeness (QED) is 0.704. The molecule has 0 aromatic rings. The normalized spacial score (nSPS) is 17.4. The number of carboxylic acid groups (broad SMARTS) is 1. The highest BCUT2D eigenvalue weighted by Gasteiger charge is 2.36. The van der Waals surface area contributed by atoms with Crippen molar-refractivity contribution in [3.63, 3.8) is 0 Å². The highest BCUT2D eigenvalue weighted by molar-refractivity contribution is 5.84. The minimum absolute atomic E-state index is 0.0833. The molecule has 82 valence electrons. The third kappa shape index (κ3) is 3.89. The smallest absolute Gasteiger partial charge is 0.330 e. The first-order valence-electron chi connectivity index (χ1n) is 4.49. The van der Waals surface area contributed by atoms with Crippen LogP contribution < -0.4 is 0 Å². The van der Waals surface area contributed by atoms with Crippen molar-refractivity contribution in [2.24, 2.45) is 0 Å². The third-order valence-electron chi connectivity index (χ3n) is 2.17. The minimum Gasteiger partial charge on any atom is -0.478 e. The van der Waals surface area contributed by atoms with Crippen LogP contribution in [0.25, 0.3) is 0 Å². The molecule has 1 aliphatic rings. The van der Waals surface area contributed by atoms with Gasteiger partial charge in [-0.3, -0.25) is 0 Å². The van der Waals surface area contributed by atoms with E-state index < -0.39 is 5.97 Å². The summed E-state index contributed by atoms with van der Waals surface area (Å²) in [7, 11) is 1.74. The second-order valence-electron chi connectivity index (χ2n) is 3.32. The molecule has 0 spiro atoms. The predicted octanol–water partition coefficient (Wildman–Crippen LogP) is 1.46. The summed E-state index contributed by atoms with van der Waals surface area (Å²) < 4.78 is 10.2. The second kappa shape index (κ2) is 5.78. The zero-order valence-corrected chi connectivity index (χ0v) is 9.00. The summed E-state index contributed by atoms with van der Waals surface area (Å²) >= 11 is 0. The van der Waals surface area contributed by atoms with Crippen molar-refractivity contribution in [1.82, 2.24) is 0 Å². The lowest BCUT2D eigenvalue weighted by Gasteiger charge is -2.39. The van der Waals surface area contributed by atoms with Crippen LogP contribution in [0, 0.1) is 0 Å². The molecule has 0 radical (unpaired) electrons. The van der Waals surface area contributed by atoms with Crippen LogP contribution in [0.4, 0.5) is 0 Å². The molecular weight excluding hydrogens is 184 g/mol. The summed E-state index contributed by atoms with van der Waals surface area (Å²) in [5, 5.41) is 7.89. The lowest BCUT2D eigenvalue weighted by molar-refractivity contribution is -0.196. The molecule has 1 heterocycles. The summed E-state index contributed by atoms with van der Waals surface area (Å²) in [6.07, 6.45) is 1.06. The number of hydrogen-bond donors (Lipinski definition) is 1. The van der Waals surface area contributed by atoms with E-state index in [2.05, 4.69) is 13.5 Å². The standard InChI is InChI=1S/C6H12O2.C4H6O2/c1-3-6(7-2)4-8-5-6;1-3(2)4(5)6/h3-5H2,1-2H3;1H2,2H3,(H,5,6). The van der Waals surface area contributed by atoms with Crippen molar-refractivity contribution in [2.45, 2.75) is 25.9 Å². The zero-order valence-electron chi connectivity index (χ0n) is 9.00. The lowest BCUT2D eigenvalue weighted by atomic mass is 9.99. The van der Waals surface area contributed by atoms with Gasteiger partial charge in [0, 0.05) is 12.7 Å². The Labute approximate surface area is 84.5 Å². The van der Waals surface area contributed by atoms with Gasteiger partial charge in [0.25, 0.3) is 0 Å². The number of hydrogen-bond acceptors (Lipinski definition) is 3. The Morgan fingerprint density at radius 3 is 2.07 bits per heavy atom. The summed E-state index contributed by atoms with van der Waals surface area (Å²) in [5.74, 6) is -0.935. The van der Waals surface area contributed by atoms with Gasteiger partial charge in [0.2, 0.25) is 0 Å². The number of aliphatic carboxylic acids is 1. The molecule has 1 fully saturated rings. The topological polar surface area (TPSA) is 55.8 Å². The van der Waals surface area contributed by atoms with E-state index in [0.29, 0.717) is 0 Å². The summed E-state index contributed by atoms with van der Waals surface area (Å²) in [5.41, 5.74) is 0.259. The van der Waals surface area contributed by atoms with Crippen LogP contribution in [0.15, 0.2) is 12.2 Å². The molecule has 1 aliphatic heterocycles. The number of ether oxygens (including phenoxy) is 2. The first kappa shape index (κ1) is 13.1. The largest absolute Gasteiger partial charge is 0.478 e. The Morgan fingerprint density at radius 2 is 2.07 bits per heavy atom. The predicted molar refractivity (Wildman–Crippen MR) is 53.3 cm³/mol. The van der Waals surface area contributed by atoms with Gasteiger partial charge in [0.05, 0.1) is 13.2 Å². The number of rotatable bonds is 3. The molecule has 4 heteroatoms. The van der Waals surface area contributed by atoms with Gasteiger partial charge in [-0.25, -0.2) is 4.79 Å². The molecule has 1 saturated heterocycles. The molecule has 0 amide bonds. The van der Waals surface area contributed by atoms with Crippen molar-refractivity contribution in [3.05, 3.63) is 12.2 Å². The Morgan fingerprint density at radius 1 is 1.64 bits per heavy atom. The van der Waals surface area contributed by atoms with Gasteiger partial charge in [-0.05, 0) is 13.3 Å². The number of methoxy groups -OCH3 is 1. The zero-order chi connectivity index (χ0) is 11.2. The maximum Gasteiger partial charge on any atom is 0.330 e. The van der Waals surface area contributed by atoms with E-state index in [1.54, 1.807) is 7.11 Å². The van der Waals surface area contributed by atoms with Crippen LogP contribution in [-0.2, 0) is 14.3 Å². The van der Waals surface area contributed by atoms with E-state index in [-0.39, 0.29) is 11.2 Å². The fraction of sp³-hybridized carbons (Fsp3) is 0.700. The van der Waals surface area contributed by atoms with Crippen LogP contribution in [0.2, 0.25) is 0 Å². The molecule has 0 saturated carbocycles. The fourth-order valence-corrected chi connectivity index (χ4v) is 0.796. The molecule has 1 N–H and O–H groups in total. The molecule has 4 nitrogen and oxygen atoms in total. The Hall–Kier alpha value is -0.870. The van der Waals surface area contributed by atoms with Gasteiger partial charge in [-0.2, -0.15) is 0 Å². The number of carboxylic acids is 1. The molecule has 1 rings (SSSR count). The van der Waals surface area contributed by atoms with Crippen LogP contribution in [0.5, 0.6) is 0 Å². The van der Waals surface area contributed by atoms with Gasteiger partial charge in [-0.1, -0.05) is 13.5 Å². The van der Waals surface area contributed by atoms with Crippen LogP contribution in [-0.4, -0.2) is 37.0 Å². The van der Waals surface area contributed by atoms with E-state index in [9.17, 15) is 4.79 Å². The van der Waals surface area contributed by atoms with E-state index in [4.69, 9.17) is 14.6 Å². The second-order valence-corrected chi connectivity index (χ2v) is 3.32. The van der Waals surface area contributed by atoms with Gasteiger partial charge >= 0.3 is 5.97 Å². The fourth-order valence-electron chi connectivity index (χ4n) is 0.796. The Kier molecular flexibility index (Phi) is 5.42. The first-order chi connectivity index (χ1) is 6.47. The van der Waals surface area contributed by atoms with Crippen LogP contribution in [0.3, 0.4) is 0 Å². The van der Waals surface area contributed by atoms with Crippen LogP contribution in [0.1, 0.15) is 20.3 Å². The van der Waals surface area contributed by atoms with E-state index in [1.165, 1.54) is 6.92 Å². The summed E-state index contributed by atoms with van der Waals surface area (Å²) in [6.45, 7) is 8.27. The van der Waals surface area contributed by atoms with Crippen LogP contribution >= 0.6 is 0 Å². The summed E-state index contributed by atoms with van der Waals surface area (Å²) in [6, 6.07) is 0. The highest BCUT2D eigenvalue weighted by Crippen LogP contribution is 2.23. The summed E-state index contributed by atoms with van der Waals surface area (Å²) in [4.78, 5) is 9.60. The van der Waals surface area contributed by atoms with Crippen molar-refractivity contribution in [2.75, 3.05) is 20.3 Å². The van der Waals surface area contributed by atoms with Gasteiger partial charge in [0.15, 0.2) is 0 Å². The average Bonchev–Trinajstić information content (AvgIpc) is 2.05. The monoisotopic (exact) mass is 202 g/mol. The van der Waals surface area contributed by atoms with E-state index >= 15 is 0 Å². The molecule has 0 bridgehead atoms. The molecular formula is C10H18O4. The van der Waals surface area contributed by atoms with Crippen molar-refractivity contribution < 1.29 is 19.4 Å². The molecule has 14 heavy (non-hydrogen) atoms. The van der Waals surface area contributed by atoms with Crippen molar-refractivity contribution >= 4 is 5.97 Å². The van der Waals surface area contributed by atoms with E-state index in [0.717, 1.165) is 19.6 Å². The first-order valence-corrected chi connectivity index (χ1v) is 4.49.